The van der Waals surface area contributed by atoms with Gasteiger partial charge in [0.25, 0.3) is 5.91 Å². The zero-order chi connectivity index (χ0) is 22.1. The summed E-state index contributed by atoms with van der Waals surface area (Å²) in [5.74, 6) is -0.318. The Morgan fingerprint density at radius 2 is 1.88 bits per heavy atom. The van der Waals surface area contributed by atoms with Crippen LogP contribution in [0.2, 0.25) is 0 Å². The lowest BCUT2D eigenvalue weighted by atomic mass is 10.1. The highest BCUT2D eigenvalue weighted by atomic mass is 19.1. The number of fused-ring (bicyclic) bond motifs is 2. The van der Waals surface area contributed by atoms with Crippen molar-refractivity contribution in [2.24, 2.45) is 0 Å². The van der Waals surface area contributed by atoms with Crippen LogP contribution in [-0.4, -0.2) is 23.4 Å². The predicted molar refractivity (Wildman–Crippen MR) is 120 cm³/mol. The van der Waals surface area contributed by atoms with Crippen LogP contribution in [0.15, 0.2) is 72.9 Å². The van der Waals surface area contributed by atoms with Gasteiger partial charge in [-0.2, -0.15) is 0 Å². The lowest BCUT2D eigenvalue weighted by molar-refractivity contribution is -0.121. The van der Waals surface area contributed by atoms with Gasteiger partial charge in [0, 0.05) is 34.4 Å². The molecule has 0 atom stereocenters. The van der Waals surface area contributed by atoms with E-state index in [4.69, 9.17) is 4.74 Å². The number of anilines is 2. The van der Waals surface area contributed by atoms with Gasteiger partial charge in [0.15, 0.2) is 6.61 Å². The number of carbonyl (C=O) groups is 2. The summed E-state index contributed by atoms with van der Waals surface area (Å²) in [5, 5.41) is 3.90. The van der Waals surface area contributed by atoms with Crippen LogP contribution in [0.5, 0.6) is 5.75 Å². The molecule has 0 saturated carbocycles. The van der Waals surface area contributed by atoms with E-state index in [9.17, 15) is 14.0 Å². The molecule has 5 rings (SSSR count). The molecule has 2 N–H and O–H groups in total. The molecule has 2 amide bonds. The van der Waals surface area contributed by atoms with Crippen molar-refractivity contribution >= 4 is 34.1 Å². The summed E-state index contributed by atoms with van der Waals surface area (Å²) in [4.78, 5) is 29.7. The third-order valence-corrected chi connectivity index (χ3v) is 5.50. The van der Waals surface area contributed by atoms with Crippen LogP contribution in [0.25, 0.3) is 10.9 Å². The number of aromatic nitrogens is 1. The Labute approximate surface area is 183 Å². The fraction of sp³-hybridized carbons (Fsp3) is 0.120. The molecule has 160 valence electrons. The van der Waals surface area contributed by atoms with E-state index in [0.717, 1.165) is 16.5 Å². The first-order chi connectivity index (χ1) is 15.6. The summed E-state index contributed by atoms with van der Waals surface area (Å²) in [6, 6.07) is 19.3. The minimum absolute atomic E-state index is 0.105. The van der Waals surface area contributed by atoms with E-state index in [2.05, 4.69) is 10.3 Å². The number of hydrogen-bond acceptors (Lipinski definition) is 3. The number of para-hydroxylation sites is 1. The normalized spacial score (nSPS) is 13.0. The average molecular weight is 429 g/mol. The Balaban J connectivity index is 1.33. The fourth-order valence-electron chi connectivity index (χ4n) is 3.91. The molecule has 3 aromatic carbocycles. The molecule has 6 nitrogen and oxygen atoms in total. The number of halogens is 1. The van der Waals surface area contributed by atoms with E-state index < -0.39 is 0 Å². The van der Waals surface area contributed by atoms with Gasteiger partial charge in [0.1, 0.15) is 11.6 Å². The number of H-pyrrole nitrogens is 1. The van der Waals surface area contributed by atoms with E-state index in [1.807, 2.05) is 30.5 Å². The molecule has 2 heterocycles. The average Bonchev–Trinajstić information content (AvgIpc) is 3.20. The van der Waals surface area contributed by atoms with Crippen LogP contribution in [0, 0.1) is 5.82 Å². The zero-order valence-electron chi connectivity index (χ0n) is 17.1. The van der Waals surface area contributed by atoms with Gasteiger partial charge in [-0.05, 0) is 29.8 Å². The van der Waals surface area contributed by atoms with Crippen LogP contribution < -0.4 is 15.0 Å². The lowest BCUT2D eigenvalue weighted by Crippen LogP contribution is -2.38. The third-order valence-electron chi connectivity index (χ3n) is 5.50. The Bertz CT molecular complexity index is 1330. The molecule has 0 saturated heterocycles. The van der Waals surface area contributed by atoms with Crippen molar-refractivity contribution in [3.63, 3.8) is 0 Å². The topological polar surface area (TPSA) is 74.4 Å². The van der Waals surface area contributed by atoms with Crippen molar-refractivity contribution in [1.29, 1.82) is 0 Å². The van der Waals surface area contributed by atoms with Crippen LogP contribution >= 0.6 is 0 Å². The molecule has 0 unspecified atom stereocenters. The second-order valence-electron chi connectivity index (χ2n) is 7.63. The standard InChI is InChI=1S/C25H20FN3O3/c26-20-7-3-1-5-16(20)14-29-22-10-9-18(12-23(22)32-15-25(29)31)28-24(30)11-17-13-27-21-8-4-2-6-19(17)21/h1-10,12-13,27H,11,14-15H2,(H,28,30). The molecule has 0 fully saturated rings. The van der Waals surface area contributed by atoms with E-state index in [-0.39, 0.29) is 37.2 Å². The molecule has 0 bridgehead atoms. The number of benzene rings is 3. The molecule has 1 aliphatic heterocycles. The van der Waals surface area contributed by atoms with E-state index >= 15 is 0 Å². The minimum atomic E-state index is -0.366. The third kappa shape index (κ3) is 3.80. The Kier molecular flexibility index (Phi) is 5.07. The Morgan fingerprint density at radius 3 is 2.75 bits per heavy atom. The van der Waals surface area contributed by atoms with Gasteiger partial charge in [-0.15, -0.1) is 0 Å². The van der Waals surface area contributed by atoms with Crippen LogP contribution in [-0.2, 0) is 22.6 Å². The smallest absolute Gasteiger partial charge is 0.265 e. The number of amides is 2. The molecule has 32 heavy (non-hydrogen) atoms. The van der Waals surface area contributed by atoms with Crippen LogP contribution in [0.4, 0.5) is 15.8 Å². The van der Waals surface area contributed by atoms with Crippen molar-refractivity contribution in [2.75, 3.05) is 16.8 Å². The molecule has 0 aliphatic carbocycles. The lowest BCUT2D eigenvalue weighted by Gasteiger charge is -2.30. The molecular formula is C25H20FN3O3. The quantitative estimate of drug-likeness (QED) is 0.493. The summed E-state index contributed by atoms with van der Waals surface area (Å²) >= 11 is 0. The van der Waals surface area contributed by atoms with Crippen molar-refractivity contribution in [1.82, 2.24) is 4.98 Å². The van der Waals surface area contributed by atoms with Gasteiger partial charge >= 0.3 is 0 Å². The molecule has 0 radical (unpaired) electrons. The molecule has 4 aromatic rings. The highest BCUT2D eigenvalue weighted by molar-refractivity contribution is 5.99. The molecule has 1 aromatic heterocycles. The van der Waals surface area contributed by atoms with Crippen molar-refractivity contribution in [3.05, 3.63) is 89.9 Å². The van der Waals surface area contributed by atoms with E-state index in [1.165, 1.54) is 11.0 Å². The minimum Gasteiger partial charge on any atom is -0.481 e. The van der Waals surface area contributed by atoms with Gasteiger partial charge in [-0.1, -0.05) is 36.4 Å². The number of nitrogens with one attached hydrogen (secondary N) is 2. The second-order valence-corrected chi connectivity index (χ2v) is 7.63. The number of nitrogens with zero attached hydrogens (tertiary/aromatic N) is 1. The fourth-order valence-corrected chi connectivity index (χ4v) is 3.91. The molecule has 7 heteroatoms. The van der Waals surface area contributed by atoms with Crippen LogP contribution in [0.3, 0.4) is 0 Å². The van der Waals surface area contributed by atoms with Gasteiger partial charge in [-0.25, -0.2) is 4.39 Å². The number of aromatic amines is 1. The number of carbonyl (C=O) groups excluding carboxylic acids is 2. The van der Waals surface area contributed by atoms with Crippen molar-refractivity contribution in [3.8, 4) is 5.75 Å². The second kappa shape index (κ2) is 8.19. The summed E-state index contributed by atoms with van der Waals surface area (Å²) in [7, 11) is 0. The maximum absolute atomic E-state index is 14.1. The van der Waals surface area contributed by atoms with Gasteiger partial charge < -0.3 is 19.9 Å². The number of hydrogen-bond donors (Lipinski definition) is 2. The maximum Gasteiger partial charge on any atom is 0.265 e. The first-order valence-electron chi connectivity index (χ1n) is 10.2. The summed E-state index contributed by atoms with van der Waals surface area (Å²) in [6.45, 7) is -0.0394. The van der Waals surface area contributed by atoms with Crippen molar-refractivity contribution in [2.45, 2.75) is 13.0 Å². The highest BCUT2D eigenvalue weighted by Gasteiger charge is 2.26. The Morgan fingerprint density at radius 1 is 1.06 bits per heavy atom. The molecule has 0 spiro atoms. The first kappa shape index (κ1) is 19.8. The van der Waals surface area contributed by atoms with E-state index in [1.54, 1.807) is 36.4 Å². The molecule has 1 aliphatic rings. The van der Waals surface area contributed by atoms with Crippen molar-refractivity contribution < 1.29 is 18.7 Å². The van der Waals surface area contributed by atoms with Gasteiger partial charge in [0.2, 0.25) is 5.91 Å². The highest BCUT2D eigenvalue weighted by Crippen LogP contribution is 2.35. The van der Waals surface area contributed by atoms with Gasteiger partial charge in [-0.3, -0.25) is 9.59 Å². The Hall–Kier alpha value is -4.13. The maximum atomic E-state index is 14.1. The summed E-state index contributed by atoms with van der Waals surface area (Å²) in [5.41, 5.74) is 3.42. The number of ether oxygens (including phenoxy) is 1. The largest absolute Gasteiger partial charge is 0.481 e. The van der Waals surface area contributed by atoms with Gasteiger partial charge in [0.05, 0.1) is 18.7 Å². The molecular weight excluding hydrogens is 409 g/mol. The number of rotatable bonds is 5. The first-order valence-corrected chi connectivity index (χ1v) is 10.2. The summed E-state index contributed by atoms with van der Waals surface area (Å²) < 4.78 is 19.7. The SMILES string of the molecule is O=C(Cc1c[nH]c2ccccc12)Nc1ccc2c(c1)OCC(=O)N2Cc1ccccc1F. The predicted octanol–water partition coefficient (Wildman–Crippen LogP) is 4.41. The monoisotopic (exact) mass is 429 g/mol. The zero-order valence-corrected chi connectivity index (χ0v) is 17.1. The summed E-state index contributed by atoms with van der Waals surface area (Å²) in [6.07, 6.45) is 2.06. The van der Waals surface area contributed by atoms with Crippen LogP contribution in [0.1, 0.15) is 11.1 Å². The van der Waals surface area contributed by atoms with E-state index in [0.29, 0.717) is 22.7 Å².